The average molecular weight is 495 g/mol. The lowest BCUT2D eigenvalue weighted by Crippen LogP contribution is -2.32. The van der Waals surface area contributed by atoms with Crippen LogP contribution in [0.2, 0.25) is 5.02 Å². The summed E-state index contributed by atoms with van der Waals surface area (Å²) < 4.78 is 10.6. The average Bonchev–Trinajstić information content (AvgIpc) is 2.86. The van der Waals surface area contributed by atoms with E-state index in [0.29, 0.717) is 33.5 Å². The number of carbonyl (C=O) groups is 3. The fraction of sp³-hybridized carbons (Fsp3) is 0.120. The molecule has 0 bridgehead atoms. The second-order valence-corrected chi connectivity index (χ2v) is 7.68. The third-order valence-corrected chi connectivity index (χ3v) is 4.89. The maximum Gasteiger partial charge on any atom is 0.329 e. The van der Waals surface area contributed by atoms with E-state index < -0.39 is 11.8 Å². The molecule has 3 amide bonds. The summed E-state index contributed by atoms with van der Waals surface area (Å²) in [7, 11) is 1.57. The van der Waals surface area contributed by atoms with E-state index in [1.807, 2.05) is 0 Å². The van der Waals surface area contributed by atoms with Gasteiger partial charge in [-0.1, -0.05) is 17.7 Å². The molecular formula is C25H23ClN4O5. The van der Waals surface area contributed by atoms with Gasteiger partial charge in [-0.05, 0) is 78.7 Å². The van der Waals surface area contributed by atoms with Crippen molar-refractivity contribution in [2.45, 2.75) is 6.92 Å². The monoisotopic (exact) mass is 494 g/mol. The van der Waals surface area contributed by atoms with Crippen molar-refractivity contribution in [2.24, 2.45) is 5.10 Å². The number of methoxy groups -OCH3 is 1. The molecule has 0 saturated heterocycles. The molecular weight excluding hydrogens is 472 g/mol. The second-order valence-electron chi connectivity index (χ2n) is 7.25. The van der Waals surface area contributed by atoms with Gasteiger partial charge in [0.2, 0.25) is 0 Å². The highest BCUT2D eigenvalue weighted by Gasteiger charge is 2.14. The standard InChI is InChI=1S/C25H23ClN4O5/c1-16-3-6-18(26)13-22(16)29-24(32)25(33)30-27-14-17-4-9-21(10-5-17)35-15-23(31)28-19-7-11-20(34-2)12-8-19/h3-14H,15H2,1-2H3,(H,28,31)(H,29,32)(H,30,33)/b27-14-. The van der Waals surface area contributed by atoms with Crippen LogP contribution in [0.25, 0.3) is 0 Å². The van der Waals surface area contributed by atoms with Gasteiger partial charge in [0, 0.05) is 16.4 Å². The highest BCUT2D eigenvalue weighted by Crippen LogP contribution is 2.20. The zero-order chi connectivity index (χ0) is 25.2. The number of nitrogens with one attached hydrogen (secondary N) is 3. The van der Waals surface area contributed by atoms with Crippen LogP contribution in [0, 0.1) is 6.92 Å². The number of amides is 3. The predicted octanol–water partition coefficient (Wildman–Crippen LogP) is 3.76. The number of carbonyl (C=O) groups excluding carboxylic acids is 3. The number of ether oxygens (including phenoxy) is 2. The van der Waals surface area contributed by atoms with Crippen molar-refractivity contribution in [3.05, 3.63) is 82.9 Å². The van der Waals surface area contributed by atoms with Crippen molar-refractivity contribution in [2.75, 3.05) is 24.4 Å². The maximum atomic E-state index is 12.1. The second kappa shape index (κ2) is 12.2. The molecule has 0 atom stereocenters. The Balaban J connectivity index is 1.43. The van der Waals surface area contributed by atoms with Gasteiger partial charge >= 0.3 is 11.8 Å². The van der Waals surface area contributed by atoms with E-state index in [2.05, 4.69) is 21.2 Å². The molecule has 0 unspecified atom stereocenters. The van der Waals surface area contributed by atoms with E-state index >= 15 is 0 Å². The number of rotatable bonds is 8. The fourth-order valence-electron chi connectivity index (χ4n) is 2.79. The van der Waals surface area contributed by atoms with Gasteiger partial charge in [0.15, 0.2) is 6.61 Å². The minimum absolute atomic E-state index is 0.170. The molecule has 180 valence electrons. The Kier molecular flexibility index (Phi) is 8.80. The van der Waals surface area contributed by atoms with Crippen LogP contribution < -0.4 is 25.5 Å². The Morgan fingerprint density at radius 2 is 1.60 bits per heavy atom. The molecule has 0 aliphatic heterocycles. The third-order valence-electron chi connectivity index (χ3n) is 4.66. The van der Waals surface area contributed by atoms with Gasteiger partial charge < -0.3 is 20.1 Å². The Hall–Kier alpha value is -4.37. The number of hydrogen-bond donors (Lipinski definition) is 3. The molecule has 0 spiro atoms. The highest BCUT2D eigenvalue weighted by molar-refractivity contribution is 6.40. The minimum atomic E-state index is -0.927. The molecule has 3 N–H and O–H groups in total. The molecule has 9 nitrogen and oxygen atoms in total. The first-order chi connectivity index (χ1) is 16.8. The Morgan fingerprint density at radius 3 is 2.29 bits per heavy atom. The largest absolute Gasteiger partial charge is 0.497 e. The van der Waals surface area contributed by atoms with Gasteiger partial charge in [0.25, 0.3) is 5.91 Å². The van der Waals surface area contributed by atoms with Crippen molar-refractivity contribution in [1.82, 2.24) is 5.43 Å². The molecule has 0 fully saturated rings. The van der Waals surface area contributed by atoms with Crippen LogP contribution in [-0.4, -0.2) is 37.7 Å². The number of benzene rings is 3. The summed E-state index contributed by atoms with van der Waals surface area (Å²) in [5, 5.41) is 9.43. The van der Waals surface area contributed by atoms with E-state index in [0.717, 1.165) is 5.56 Å². The van der Waals surface area contributed by atoms with Crippen molar-refractivity contribution in [3.8, 4) is 11.5 Å². The number of nitrogens with zero attached hydrogens (tertiary/aromatic N) is 1. The number of aryl methyl sites for hydroxylation is 1. The molecule has 0 aromatic heterocycles. The fourth-order valence-corrected chi connectivity index (χ4v) is 2.97. The lowest BCUT2D eigenvalue weighted by atomic mass is 10.2. The summed E-state index contributed by atoms with van der Waals surface area (Å²) in [6.07, 6.45) is 1.37. The van der Waals surface area contributed by atoms with Gasteiger partial charge in [-0.3, -0.25) is 14.4 Å². The van der Waals surface area contributed by atoms with Crippen LogP contribution in [0.3, 0.4) is 0 Å². The van der Waals surface area contributed by atoms with E-state index in [9.17, 15) is 14.4 Å². The van der Waals surface area contributed by atoms with Crippen molar-refractivity contribution in [1.29, 1.82) is 0 Å². The smallest absolute Gasteiger partial charge is 0.329 e. The summed E-state index contributed by atoms with van der Waals surface area (Å²) in [4.78, 5) is 36.1. The van der Waals surface area contributed by atoms with Gasteiger partial charge in [-0.15, -0.1) is 0 Å². The molecule has 3 aromatic carbocycles. The first-order valence-electron chi connectivity index (χ1n) is 10.4. The molecule has 0 heterocycles. The summed E-state index contributed by atoms with van der Waals surface area (Å²) in [5.74, 6) is -0.937. The molecule has 0 aliphatic rings. The molecule has 35 heavy (non-hydrogen) atoms. The Morgan fingerprint density at radius 1 is 0.914 bits per heavy atom. The van der Waals surface area contributed by atoms with Crippen LogP contribution >= 0.6 is 11.6 Å². The molecule has 3 aromatic rings. The number of hydrogen-bond acceptors (Lipinski definition) is 6. The molecule has 0 aliphatic carbocycles. The first kappa shape index (κ1) is 25.3. The van der Waals surface area contributed by atoms with Gasteiger partial charge in [-0.25, -0.2) is 5.43 Å². The van der Waals surface area contributed by atoms with Crippen LogP contribution in [-0.2, 0) is 14.4 Å². The lowest BCUT2D eigenvalue weighted by molar-refractivity contribution is -0.136. The van der Waals surface area contributed by atoms with Gasteiger partial charge in [-0.2, -0.15) is 5.10 Å². The Labute approximate surface area is 207 Å². The van der Waals surface area contributed by atoms with E-state index in [1.165, 1.54) is 6.21 Å². The molecule has 3 rings (SSSR count). The number of anilines is 2. The van der Waals surface area contributed by atoms with E-state index in [4.69, 9.17) is 21.1 Å². The SMILES string of the molecule is COc1ccc(NC(=O)COc2ccc(/C=N\NC(=O)C(=O)Nc3cc(Cl)ccc3C)cc2)cc1. The number of halogens is 1. The third kappa shape index (κ3) is 7.86. The number of hydrazone groups is 1. The normalized spacial score (nSPS) is 10.5. The van der Waals surface area contributed by atoms with Crippen molar-refractivity contribution >= 4 is 46.9 Å². The zero-order valence-corrected chi connectivity index (χ0v) is 19.8. The van der Waals surface area contributed by atoms with Crippen molar-refractivity contribution < 1.29 is 23.9 Å². The predicted molar refractivity (Wildman–Crippen MR) is 134 cm³/mol. The zero-order valence-electron chi connectivity index (χ0n) is 19.0. The summed E-state index contributed by atoms with van der Waals surface area (Å²) >= 11 is 5.91. The maximum absolute atomic E-state index is 12.1. The van der Waals surface area contributed by atoms with Gasteiger partial charge in [0.1, 0.15) is 11.5 Å². The summed E-state index contributed by atoms with van der Waals surface area (Å²) in [6.45, 7) is 1.61. The molecule has 10 heteroatoms. The van der Waals surface area contributed by atoms with E-state index in [1.54, 1.807) is 80.8 Å². The molecule has 0 radical (unpaired) electrons. The van der Waals surface area contributed by atoms with Crippen LogP contribution in [0.15, 0.2) is 71.8 Å². The topological polar surface area (TPSA) is 118 Å². The van der Waals surface area contributed by atoms with Crippen LogP contribution in [0.1, 0.15) is 11.1 Å². The summed E-state index contributed by atoms with van der Waals surface area (Å²) in [6, 6.07) is 18.6. The Bertz CT molecular complexity index is 1230. The van der Waals surface area contributed by atoms with Crippen LogP contribution in [0.4, 0.5) is 11.4 Å². The lowest BCUT2D eigenvalue weighted by Gasteiger charge is -2.08. The first-order valence-corrected chi connectivity index (χ1v) is 10.8. The minimum Gasteiger partial charge on any atom is -0.497 e. The highest BCUT2D eigenvalue weighted by atomic mass is 35.5. The van der Waals surface area contributed by atoms with Crippen molar-refractivity contribution in [3.63, 3.8) is 0 Å². The molecule has 0 saturated carbocycles. The van der Waals surface area contributed by atoms with E-state index in [-0.39, 0.29) is 12.5 Å². The quantitative estimate of drug-likeness (QED) is 0.250. The van der Waals surface area contributed by atoms with Crippen LogP contribution in [0.5, 0.6) is 11.5 Å². The van der Waals surface area contributed by atoms with Gasteiger partial charge in [0.05, 0.1) is 13.3 Å². The summed E-state index contributed by atoms with van der Waals surface area (Å²) in [5.41, 5.74) is 4.64.